The Morgan fingerprint density at radius 2 is 1.90 bits per heavy atom. The van der Waals surface area contributed by atoms with Gasteiger partial charge >= 0.3 is 0 Å². The van der Waals surface area contributed by atoms with Crippen LogP contribution in [0.15, 0.2) is 61.2 Å². The number of nitrogens with zero attached hydrogens (tertiary/aromatic N) is 3. The van der Waals surface area contributed by atoms with Gasteiger partial charge in [-0.25, -0.2) is 0 Å². The molecule has 0 spiro atoms. The van der Waals surface area contributed by atoms with Gasteiger partial charge in [0.25, 0.3) is 0 Å². The van der Waals surface area contributed by atoms with Crippen LogP contribution in [0.4, 0.5) is 0 Å². The van der Waals surface area contributed by atoms with Gasteiger partial charge in [0.1, 0.15) is 6.54 Å². The molecule has 3 aromatic rings. The Bertz CT molecular complexity index is 725. The van der Waals surface area contributed by atoms with Crippen molar-refractivity contribution in [3.63, 3.8) is 0 Å². The predicted octanol–water partition coefficient (Wildman–Crippen LogP) is 2.77. The number of benzene rings is 1. The lowest BCUT2D eigenvalue weighted by Crippen LogP contribution is -2.10. The van der Waals surface area contributed by atoms with Crippen LogP contribution < -0.4 is 0 Å². The standard InChI is InChI=1S/C16H15N3O/c1-18-8-7-14(10-18)16(20)12-19-11-15(9-17-19)13-5-3-2-4-6-13/h2-11H,12H2,1H3. The third-order valence-corrected chi connectivity index (χ3v) is 3.20. The summed E-state index contributed by atoms with van der Waals surface area (Å²) in [7, 11) is 1.90. The van der Waals surface area contributed by atoms with Gasteiger partial charge in [0, 0.05) is 36.8 Å². The zero-order chi connectivity index (χ0) is 13.9. The summed E-state index contributed by atoms with van der Waals surface area (Å²) in [5, 5.41) is 4.25. The molecule has 0 aliphatic rings. The molecule has 0 aliphatic heterocycles. The highest BCUT2D eigenvalue weighted by Gasteiger charge is 2.09. The quantitative estimate of drug-likeness (QED) is 0.680. The second-order valence-electron chi connectivity index (χ2n) is 4.78. The van der Waals surface area contributed by atoms with Gasteiger partial charge in [-0.3, -0.25) is 9.48 Å². The maximum absolute atomic E-state index is 12.1. The second-order valence-corrected chi connectivity index (χ2v) is 4.78. The molecule has 0 bridgehead atoms. The van der Waals surface area contributed by atoms with E-state index in [0.717, 1.165) is 11.1 Å². The van der Waals surface area contributed by atoms with Crippen molar-refractivity contribution in [3.05, 3.63) is 66.7 Å². The van der Waals surface area contributed by atoms with E-state index >= 15 is 0 Å². The van der Waals surface area contributed by atoms with Crippen molar-refractivity contribution in [3.8, 4) is 11.1 Å². The molecule has 0 saturated heterocycles. The van der Waals surface area contributed by atoms with Crippen molar-refractivity contribution >= 4 is 5.78 Å². The van der Waals surface area contributed by atoms with Gasteiger partial charge in [-0.15, -0.1) is 0 Å². The molecule has 0 N–H and O–H groups in total. The average Bonchev–Trinajstić information content (AvgIpc) is 3.09. The van der Waals surface area contributed by atoms with E-state index in [-0.39, 0.29) is 12.3 Å². The van der Waals surface area contributed by atoms with Gasteiger partial charge in [-0.2, -0.15) is 5.10 Å². The molecule has 4 heteroatoms. The molecular formula is C16H15N3O. The number of aryl methyl sites for hydroxylation is 1. The van der Waals surface area contributed by atoms with Crippen LogP contribution >= 0.6 is 0 Å². The smallest absolute Gasteiger partial charge is 0.185 e. The van der Waals surface area contributed by atoms with Crippen LogP contribution in [0, 0.1) is 0 Å². The Morgan fingerprint density at radius 1 is 1.10 bits per heavy atom. The van der Waals surface area contributed by atoms with Crippen molar-refractivity contribution in [2.75, 3.05) is 0 Å². The minimum absolute atomic E-state index is 0.0633. The van der Waals surface area contributed by atoms with E-state index in [1.165, 1.54) is 0 Å². The van der Waals surface area contributed by atoms with Crippen LogP contribution in [0.2, 0.25) is 0 Å². The molecule has 0 amide bonds. The molecule has 4 nitrogen and oxygen atoms in total. The maximum atomic E-state index is 12.1. The van der Waals surface area contributed by atoms with Crippen LogP contribution in [0.3, 0.4) is 0 Å². The third-order valence-electron chi connectivity index (χ3n) is 3.20. The molecule has 0 atom stereocenters. The number of Topliss-reactive ketones (excluding diaryl/α,β-unsaturated/α-hetero) is 1. The van der Waals surface area contributed by atoms with Crippen LogP contribution in [0.1, 0.15) is 10.4 Å². The number of carbonyl (C=O) groups is 1. The molecule has 20 heavy (non-hydrogen) atoms. The van der Waals surface area contributed by atoms with Crippen LogP contribution in [0.5, 0.6) is 0 Å². The molecule has 2 aromatic heterocycles. The van der Waals surface area contributed by atoms with Crippen molar-refractivity contribution < 1.29 is 4.79 Å². The molecule has 0 saturated carbocycles. The van der Waals surface area contributed by atoms with Gasteiger partial charge in [-0.05, 0) is 11.6 Å². The Labute approximate surface area is 117 Å². The van der Waals surface area contributed by atoms with Crippen molar-refractivity contribution in [1.29, 1.82) is 0 Å². The number of hydrogen-bond acceptors (Lipinski definition) is 2. The molecular weight excluding hydrogens is 250 g/mol. The van der Waals surface area contributed by atoms with Crippen molar-refractivity contribution in [1.82, 2.24) is 14.3 Å². The van der Waals surface area contributed by atoms with E-state index in [2.05, 4.69) is 5.10 Å². The zero-order valence-corrected chi connectivity index (χ0v) is 11.2. The summed E-state index contributed by atoms with van der Waals surface area (Å²) < 4.78 is 3.55. The molecule has 1 aromatic carbocycles. The van der Waals surface area contributed by atoms with E-state index in [9.17, 15) is 4.79 Å². The van der Waals surface area contributed by atoms with Gasteiger partial charge < -0.3 is 4.57 Å². The highest BCUT2D eigenvalue weighted by atomic mass is 16.1. The fourth-order valence-electron chi connectivity index (χ4n) is 2.14. The average molecular weight is 265 g/mol. The Balaban J connectivity index is 1.76. The first-order valence-electron chi connectivity index (χ1n) is 6.45. The highest BCUT2D eigenvalue weighted by molar-refractivity contribution is 5.95. The summed E-state index contributed by atoms with van der Waals surface area (Å²) in [6.07, 6.45) is 7.37. The Hall–Kier alpha value is -2.62. The van der Waals surface area contributed by atoms with Crippen LogP contribution in [-0.2, 0) is 13.6 Å². The molecule has 0 radical (unpaired) electrons. The molecule has 0 unspecified atom stereocenters. The molecule has 3 rings (SSSR count). The zero-order valence-electron chi connectivity index (χ0n) is 11.2. The van der Waals surface area contributed by atoms with E-state index < -0.39 is 0 Å². The summed E-state index contributed by atoms with van der Waals surface area (Å²) in [5.74, 6) is 0.0633. The maximum Gasteiger partial charge on any atom is 0.185 e. The van der Waals surface area contributed by atoms with Gasteiger partial charge in [0.2, 0.25) is 0 Å². The lowest BCUT2D eigenvalue weighted by molar-refractivity contribution is 0.0967. The summed E-state index contributed by atoms with van der Waals surface area (Å²) in [6, 6.07) is 11.8. The van der Waals surface area contributed by atoms with Crippen LogP contribution in [-0.4, -0.2) is 20.1 Å². The number of carbonyl (C=O) groups excluding carboxylic acids is 1. The first-order chi connectivity index (χ1) is 9.72. The van der Waals surface area contributed by atoms with E-state index in [0.29, 0.717) is 5.56 Å². The lowest BCUT2D eigenvalue weighted by Gasteiger charge is -1.99. The molecule has 0 fully saturated rings. The summed E-state index contributed by atoms with van der Waals surface area (Å²) in [5.41, 5.74) is 2.83. The van der Waals surface area contributed by atoms with E-state index in [1.54, 1.807) is 10.9 Å². The van der Waals surface area contributed by atoms with E-state index in [4.69, 9.17) is 0 Å². The lowest BCUT2D eigenvalue weighted by atomic mass is 10.1. The topological polar surface area (TPSA) is 39.8 Å². The first kappa shape index (κ1) is 12.4. The Morgan fingerprint density at radius 3 is 2.60 bits per heavy atom. The second kappa shape index (κ2) is 5.17. The SMILES string of the molecule is Cn1ccc(C(=O)Cn2cc(-c3ccccc3)cn2)c1. The minimum Gasteiger partial charge on any atom is -0.357 e. The van der Waals surface area contributed by atoms with Gasteiger partial charge in [0.15, 0.2) is 5.78 Å². The molecule has 0 aliphatic carbocycles. The van der Waals surface area contributed by atoms with Crippen LogP contribution in [0.25, 0.3) is 11.1 Å². The Kier molecular flexibility index (Phi) is 3.21. The number of rotatable bonds is 4. The predicted molar refractivity (Wildman–Crippen MR) is 77.4 cm³/mol. The normalized spacial score (nSPS) is 10.7. The fourth-order valence-corrected chi connectivity index (χ4v) is 2.14. The minimum atomic E-state index is 0.0633. The van der Waals surface area contributed by atoms with Crippen molar-refractivity contribution in [2.24, 2.45) is 7.05 Å². The van der Waals surface area contributed by atoms with Crippen molar-refractivity contribution in [2.45, 2.75) is 6.54 Å². The first-order valence-corrected chi connectivity index (χ1v) is 6.45. The molecule has 100 valence electrons. The highest BCUT2D eigenvalue weighted by Crippen LogP contribution is 2.17. The summed E-state index contributed by atoms with van der Waals surface area (Å²) in [6.45, 7) is 0.261. The molecule has 2 heterocycles. The summed E-state index contributed by atoms with van der Waals surface area (Å²) >= 11 is 0. The van der Waals surface area contributed by atoms with Gasteiger partial charge in [-0.1, -0.05) is 30.3 Å². The number of ketones is 1. The summed E-state index contributed by atoms with van der Waals surface area (Å²) in [4.78, 5) is 12.1. The van der Waals surface area contributed by atoms with Gasteiger partial charge in [0.05, 0.1) is 6.20 Å². The third kappa shape index (κ3) is 2.54. The number of hydrogen-bond donors (Lipinski definition) is 0. The van der Waals surface area contributed by atoms with E-state index in [1.807, 2.05) is 66.6 Å². The number of aromatic nitrogens is 3. The fraction of sp³-hybridized carbons (Fsp3) is 0.125. The largest absolute Gasteiger partial charge is 0.357 e. The monoisotopic (exact) mass is 265 g/mol.